The molecule has 2 aromatic rings. The summed E-state index contributed by atoms with van der Waals surface area (Å²) in [5, 5.41) is 0. The number of imide groups is 2. The number of rotatable bonds is 4. The first-order chi connectivity index (χ1) is 14.0. The third-order valence-corrected chi connectivity index (χ3v) is 4.84. The predicted molar refractivity (Wildman–Crippen MR) is 104 cm³/mol. The Morgan fingerprint density at radius 3 is 2.30 bits per heavy atom. The van der Waals surface area contributed by atoms with E-state index >= 15 is 0 Å². The van der Waals surface area contributed by atoms with Crippen LogP contribution in [0.25, 0.3) is 0 Å². The van der Waals surface area contributed by atoms with Gasteiger partial charge in [0.15, 0.2) is 6.73 Å². The maximum atomic E-state index is 12.9. The first-order valence-electron chi connectivity index (χ1n) is 8.87. The number of likely N-dealkylation sites (tertiary alicyclic amines) is 1. The van der Waals surface area contributed by atoms with Gasteiger partial charge in [-0.1, -0.05) is 12.1 Å². The van der Waals surface area contributed by atoms with E-state index in [0.717, 1.165) is 9.80 Å². The van der Waals surface area contributed by atoms with Crippen molar-refractivity contribution >= 4 is 42.0 Å². The van der Waals surface area contributed by atoms with Crippen LogP contribution in [0.5, 0.6) is 0 Å². The molecular weight excluding hydrogens is 414 g/mol. The maximum absolute atomic E-state index is 12.9. The summed E-state index contributed by atoms with van der Waals surface area (Å²) < 4.78 is 5.05. The second-order valence-electron chi connectivity index (χ2n) is 6.54. The van der Waals surface area contributed by atoms with Crippen molar-refractivity contribution in [2.24, 2.45) is 0 Å². The minimum Gasteiger partial charge on any atom is -0.440 e. The fraction of sp³-hybridized carbons (Fsp3) is 0.200. The van der Waals surface area contributed by atoms with Gasteiger partial charge in [0, 0.05) is 18.8 Å². The molecule has 9 nitrogen and oxygen atoms in total. The molecule has 1 aromatic carbocycles. The number of carbonyl (C=O) groups excluding carboxylic acids is 5. The first kappa shape index (κ1) is 21.1. The highest BCUT2D eigenvalue weighted by Crippen LogP contribution is 2.29. The van der Waals surface area contributed by atoms with Crippen LogP contribution in [0.1, 0.15) is 43.9 Å². The largest absolute Gasteiger partial charge is 0.440 e. The summed E-state index contributed by atoms with van der Waals surface area (Å²) in [6.45, 7) is -0.606. The minimum absolute atomic E-state index is 0. The van der Waals surface area contributed by atoms with Crippen molar-refractivity contribution in [1.82, 2.24) is 14.8 Å². The fourth-order valence-electron chi connectivity index (χ4n) is 3.38. The normalized spacial score (nSPS) is 18.2. The van der Waals surface area contributed by atoms with Gasteiger partial charge in [0.2, 0.25) is 5.91 Å². The van der Waals surface area contributed by atoms with Gasteiger partial charge in [-0.05, 0) is 30.7 Å². The summed E-state index contributed by atoms with van der Waals surface area (Å²) in [7, 11) is 0. The van der Waals surface area contributed by atoms with E-state index in [-0.39, 0.29) is 41.9 Å². The van der Waals surface area contributed by atoms with Gasteiger partial charge < -0.3 is 4.74 Å². The monoisotopic (exact) mass is 429 g/mol. The third-order valence-electron chi connectivity index (χ3n) is 4.84. The van der Waals surface area contributed by atoms with E-state index in [9.17, 15) is 24.0 Å². The van der Waals surface area contributed by atoms with E-state index in [1.807, 2.05) is 0 Å². The van der Waals surface area contributed by atoms with Crippen LogP contribution in [0.4, 0.5) is 0 Å². The number of benzene rings is 1. The van der Waals surface area contributed by atoms with Gasteiger partial charge >= 0.3 is 5.97 Å². The van der Waals surface area contributed by atoms with Gasteiger partial charge in [-0.15, -0.1) is 12.4 Å². The molecule has 1 saturated heterocycles. The lowest BCUT2D eigenvalue weighted by Gasteiger charge is -2.33. The number of halogens is 1. The summed E-state index contributed by atoms with van der Waals surface area (Å²) >= 11 is 0. The number of nitrogens with zero attached hydrogens (tertiary/aromatic N) is 3. The molecule has 0 saturated carbocycles. The van der Waals surface area contributed by atoms with Crippen LogP contribution in [0, 0.1) is 0 Å². The van der Waals surface area contributed by atoms with E-state index in [0.29, 0.717) is 0 Å². The molecule has 0 aliphatic carbocycles. The summed E-state index contributed by atoms with van der Waals surface area (Å²) in [5.41, 5.74) is 0.606. The van der Waals surface area contributed by atoms with Crippen molar-refractivity contribution in [1.29, 1.82) is 0 Å². The quantitative estimate of drug-likeness (QED) is 0.533. The van der Waals surface area contributed by atoms with Gasteiger partial charge in [-0.25, -0.2) is 9.69 Å². The predicted octanol–water partition coefficient (Wildman–Crippen LogP) is 1.43. The standard InChI is InChI=1S/C20H15N3O6.ClH/c24-16-8-7-15(23-17(25)13-5-1-2-6-14(13)18(23)26)19(27)22(16)11-29-20(28)12-4-3-9-21-10-12;/h1-6,9-10,15H,7-8,11H2;1H. The highest BCUT2D eigenvalue weighted by atomic mass is 35.5. The molecule has 0 spiro atoms. The Hall–Kier alpha value is -3.59. The molecule has 0 N–H and O–H groups in total. The molecule has 1 unspecified atom stereocenters. The Labute approximate surface area is 177 Å². The fourth-order valence-corrected chi connectivity index (χ4v) is 3.38. The van der Waals surface area contributed by atoms with Gasteiger partial charge in [0.1, 0.15) is 6.04 Å². The van der Waals surface area contributed by atoms with Gasteiger partial charge in [0.25, 0.3) is 17.7 Å². The number of esters is 1. The zero-order valence-electron chi connectivity index (χ0n) is 15.5. The number of piperidine rings is 1. The summed E-state index contributed by atoms with van der Waals surface area (Å²) in [6.07, 6.45) is 2.75. The van der Waals surface area contributed by atoms with Crippen LogP contribution in [0.3, 0.4) is 0 Å². The molecule has 154 valence electrons. The van der Waals surface area contributed by atoms with Crippen molar-refractivity contribution in [3.63, 3.8) is 0 Å². The zero-order valence-corrected chi connectivity index (χ0v) is 16.3. The van der Waals surface area contributed by atoms with E-state index in [1.165, 1.54) is 30.6 Å². The molecule has 10 heteroatoms. The average molecular weight is 430 g/mol. The van der Waals surface area contributed by atoms with Gasteiger partial charge in [0.05, 0.1) is 16.7 Å². The molecule has 1 aromatic heterocycles. The molecule has 0 bridgehead atoms. The minimum atomic E-state index is -1.13. The second kappa shape index (κ2) is 8.42. The number of fused-ring (bicyclic) bond motifs is 1. The molecule has 1 fully saturated rings. The van der Waals surface area contributed by atoms with Crippen LogP contribution < -0.4 is 0 Å². The van der Waals surface area contributed by atoms with Crippen molar-refractivity contribution in [3.05, 3.63) is 65.5 Å². The van der Waals surface area contributed by atoms with Gasteiger partial charge in [-0.3, -0.25) is 29.1 Å². The van der Waals surface area contributed by atoms with E-state index in [1.54, 1.807) is 18.2 Å². The molecule has 2 aliphatic heterocycles. The number of pyridine rings is 1. The summed E-state index contributed by atoms with van der Waals surface area (Å²) in [6, 6.07) is 8.19. The average Bonchev–Trinajstić information content (AvgIpc) is 2.99. The van der Waals surface area contributed by atoms with Crippen molar-refractivity contribution < 1.29 is 28.7 Å². The van der Waals surface area contributed by atoms with Crippen molar-refractivity contribution in [3.8, 4) is 0 Å². The Morgan fingerprint density at radius 1 is 1.03 bits per heavy atom. The second-order valence-corrected chi connectivity index (χ2v) is 6.54. The van der Waals surface area contributed by atoms with E-state index < -0.39 is 42.4 Å². The van der Waals surface area contributed by atoms with Crippen LogP contribution in [-0.2, 0) is 14.3 Å². The Bertz CT molecular complexity index is 1010. The number of amides is 4. The summed E-state index contributed by atoms with van der Waals surface area (Å²) in [4.78, 5) is 67.9. The first-order valence-corrected chi connectivity index (χ1v) is 8.87. The van der Waals surface area contributed by atoms with Crippen LogP contribution in [-0.4, -0.2) is 57.2 Å². The SMILES string of the molecule is Cl.O=C(OCN1C(=O)CCC(N2C(=O)c3ccccc3C2=O)C1=O)c1cccnc1. The number of hydrogen-bond acceptors (Lipinski definition) is 7. The number of aromatic nitrogens is 1. The number of ether oxygens (including phenoxy) is 1. The lowest BCUT2D eigenvalue weighted by Crippen LogP contribution is -2.56. The van der Waals surface area contributed by atoms with Crippen LogP contribution in [0.15, 0.2) is 48.8 Å². The van der Waals surface area contributed by atoms with Crippen molar-refractivity contribution in [2.75, 3.05) is 6.73 Å². The highest BCUT2D eigenvalue weighted by molar-refractivity contribution is 6.23. The van der Waals surface area contributed by atoms with Crippen LogP contribution >= 0.6 is 12.4 Å². The molecule has 1 atom stereocenters. The number of carbonyl (C=O) groups is 5. The molecule has 2 aliphatic rings. The lowest BCUT2D eigenvalue weighted by molar-refractivity contribution is -0.156. The molecule has 4 rings (SSSR count). The maximum Gasteiger partial charge on any atom is 0.341 e. The molecule has 0 radical (unpaired) electrons. The Balaban J connectivity index is 0.00000256. The highest BCUT2D eigenvalue weighted by Gasteiger charge is 2.47. The molecular formula is C20H16ClN3O6. The van der Waals surface area contributed by atoms with Crippen molar-refractivity contribution in [2.45, 2.75) is 18.9 Å². The molecule has 3 heterocycles. The summed E-state index contributed by atoms with van der Waals surface area (Å²) in [5.74, 6) is -3.20. The van der Waals surface area contributed by atoms with E-state index in [2.05, 4.69) is 4.98 Å². The van der Waals surface area contributed by atoms with E-state index in [4.69, 9.17) is 4.74 Å². The number of hydrogen-bond donors (Lipinski definition) is 0. The third kappa shape index (κ3) is 3.55. The zero-order chi connectivity index (χ0) is 20.5. The smallest absolute Gasteiger partial charge is 0.341 e. The molecule has 4 amide bonds. The Morgan fingerprint density at radius 2 is 1.70 bits per heavy atom. The van der Waals surface area contributed by atoms with Gasteiger partial charge in [-0.2, -0.15) is 0 Å². The molecule has 30 heavy (non-hydrogen) atoms. The topological polar surface area (TPSA) is 114 Å². The van der Waals surface area contributed by atoms with Crippen LogP contribution in [0.2, 0.25) is 0 Å². The lowest BCUT2D eigenvalue weighted by atomic mass is 10.0. The Kier molecular flexibility index (Phi) is 5.93.